The highest BCUT2D eigenvalue weighted by atomic mass is 127. The van der Waals surface area contributed by atoms with Crippen LogP contribution in [0.5, 0.6) is 0 Å². The first kappa shape index (κ1) is 8.87. The zero-order valence-electron chi connectivity index (χ0n) is 1.65. The van der Waals surface area contributed by atoms with E-state index >= 15 is 0 Å². The summed E-state index contributed by atoms with van der Waals surface area (Å²) in [5, 5.41) is 0. The SMILES string of the molecule is OCl.OI. The summed E-state index contributed by atoms with van der Waals surface area (Å²) in [6, 6.07) is 0. The lowest BCUT2D eigenvalue weighted by Gasteiger charge is -1.14. The third-order valence-corrected chi connectivity index (χ3v) is 0. The molecule has 0 rings (SSSR count). The van der Waals surface area contributed by atoms with Gasteiger partial charge in [-0.1, -0.05) is 0 Å². The molecular formula is H2ClIO2. The van der Waals surface area contributed by atoms with Crippen LogP contribution in [0.25, 0.3) is 0 Å². The Morgan fingerprint density at radius 2 is 1.25 bits per heavy atom. The Balaban J connectivity index is 0. The monoisotopic (exact) mass is 196 g/mol. The first-order valence-electron chi connectivity index (χ1n) is 0.338. The Bertz CT molecular complexity index is 6.00. The average Bonchev–Trinajstić information content (AvgIpc) is 1.50. The van der Waals surface area contributed by atoms with Gasteiger partial charge in [0.2, 0.25) is 0 Å². The van der Waals surface area contributed by atoms with Gasteiger partial charge in [-0.05, 0) is 0 Å². The summed E-state index contributed by atoms with van der Waals surface area (Å²) in [5.41, 5.74) is 0. The molecule has 0 aliphatic rings. The van der Waals surface area contributed by atoms with E-state index in [-0.39, 0.29) is 0 Å². The molecule has 0 aromatic carbocycles. The minimum atomic E-state index is 1.15. The molecule has 0 saturated heterocycles. The van der Waals surface area contributed by atoms with Crippen molar-refractivity contribution in [3.63, 3.8) is 0 Å². The number of rotatable bonds is 0. The van der Waals surface area contributed by atoms with Crippen molar-refractivity contribution in [2.24, 2.45) is 0 Å². The number of hydrogen-bond donors (Lipinski definition) is 2. The van der Waals surface area contributed by atoms with E-state index in [2.05, 4.69) is 11.9 Å². The standard InChI is InChI=1S/ClHO.HIO/c2*1-2/h2*2H. The first-order chi connectivity index (χ1) is 2.00. The van der Waals surface area contributed by atoms with Crippen molar-refractivity contribution in [1.82, 2.24) is 0 Å². The Labute approximate surface area is 43.3 Å². The molecule has 0 atom stereocenters. The summed E-state index contributed by atoms with van der Waals surface area (Å²) < 4.78 is 13.4. The molecular weight excluding hydrogens is 194 g/mol. The molecule has 0 aromatic rings. The van der Waals surface area contributed by atoms with Gasteiger partial charge in [0.1, 0.15) is 23.0 Å². The van der Waals surface area contributed by atoms with Crippen molar-refractivity contribution in [2.45, 2.75) is 0 Å². The van der Waals surface area contributed by atoms with Crippen LogP contribution in [0.1, 0.15) is 0 Å². The summed E-state index contributed by atoms with van der Waals surface area (Å²) in [4.78, 5) is 0. The Morgan fingerprint density at radius 1 is 1.25 bits per heavy atom. The molecule has 0 unspecified atom stereocenters. The normalized spacial score (nSPS) is 3.00. The minimum absolute atomic E-state index is 1.15. The minimum Gasteiger partial charge on any atom is -0.331 e. The van der Waals surface area contributed by atoms with E-state index in [9.17, 15) is 0 Å². The fraction of sp³-hybridized carbons (Fsp3) is 0. The van der Waals surface area contributed by atoms with Crippen molar-refractivity contribution >= 4 is 34.9 Å². The summed E-state index contributed by atoms with van der Waals surface area (Å²) in [6.07, 6.45) is 0. The van der Waals surface area contributed by atoms with Crippen molar-refractivity contribution in [2.75, 3.05) is 0 Å². The van der Waals surface area contributed by atoms with Crippen LogP contribution in [0.3, 0.4) is 0 Å². The number of halogens is 2. The van der Waals surface area contributed by atoms with Crippen LogP contribution in [-0.4, -0.2) is 8.09 Å². The maximum absolute atomic E-state index is 6.97. The van der Waals surface area contributed by atoms with Gasteiger partial charge in [0, 0.05) is 0 Å². The second-order valence-electron chi connectivity index (χ2n) is 0. The average molecular weight is 196 g/mol. The van der Waals surface area contributed by atoms with E-state index in [1.54, 1.807) is 0 Å². The van der Waals surface area contributed by atoms with Gasteiger partial charge in [-0.3, -0.25) is 4.66 Å². The molecule has 0 aliphatic carbocycles. The van der Waals surface area contributed by atoms with Crippen molar-refractivity contribution < 1.29 is 8.09 Å². The Hall–Kier alpha value is 0.940. The third-order valence-electron chi connectivity index (χ3n) is 0. The first-order valence-corrected chi connectivity index (χ1v) is 1.64. The largest absolute Gasteiger partial charge is 0.331 e. The van der Waals surface area contributed by atoms with Crippen LogP contribution in [0, 0.1) is 0 Å². The van der Waals surface area contributed by atoms with Crippen LogP contribution >= 0.6 is 34.9 Å². The van der Waals surface area contributed by atoms with E-state index in [0.717, 1.165) is 23.0 Å². The zero-order chi connectivity index (χ0) is 4.00. The number of hydrogen-bond acceptors (Lipinski definition) is 2. The molecule has 0 saturated carbocycles. The highest BCUT2D eigenvalue weighted by Crippen LogP contribution is 1.46. The van der Waals surface area contributed by atoms with Gasteiger partial charge in [-0.15, -0.1) is 0 Å². The second-order valence-corrected chi connectivity index (χ2v) is 0. The van der Waals surface area contributed by atoms with Crippen LogP contribution in [0.4, 0.5) is 0 Å². The highest BCUT2D eigenvalue weighted by Gasteiger charge is 0.911. The van der Waals surface area contributed by atoms with Crippen LogP contribution < -0.4 is 0 Å². The molecule has 0 heterocycles. The Kier molecular flexibility index (Phi) is 85.5. The van der Waals surface area contributed by atoms with E-state index < -0.39 is 0 Å². The summed E-state index contributed by atoms with van der Waals surface area (Å²) >= 11 is 4.79. The molecule has 0 spiro atoms. The van der Waals surface area contributed by atoms with Gasteiger partial charge in [0.05, 0.1) is 11.9 Å². The van der Waals surface area contributed by atoms with Crippen molar-refractivity contribution in [3.05, 3.63) is 0 Å². The molecule has 0 fully saturated rings. The second kappa shape index (κ2) is 38.5. The quantitative estimate of drug-likeness (QED) is 0.553. The molecule has 2 N–H and O–H groups in total. The molecule has 2 nitrogen and oxygen atoms in total. The molecule has 28 valence electrons. The predicted molar refractivity (Wildman–Crippen MR) is 24.3 cm³/mol. The van der Waals surface area contributed by atoms with Crippen molar-refractivity contribution in [1.29, 1.82) is 0 Å². The third kappa shape index (κ3) is 12.5. The highest BCUT2D eigenvalue weighted by molar-refractivity contribution is 14.1. The van der Waals surface area contributed by atoms with Gasteiger partial charge in [0.15, 0.2) is 0 Å². The summed E-state index contributed by atoms with van der Waals surface area (Å²) in [7, 11) is 0. The topological polar surface area (TPSA) is 40.5 Å². The molecule has 0 aromatic heterocycles. The predicted octanol–water partition coefficient (Wildman–Crippen LogP) is 0.461. The summed E-state index contributed by atoms with van der Waals surface area (Å²) in [6.45, 7) is 0. The summed E-state index contributed by atoms with van der Waals surface area (Å²) in [5.74, 6) is 0. The maximum Gasteiger partial charge on any atom is 0.106 e. The maximum atomic E-state index is 6.97. The van der Waals surface area contributed by atoms with E-state index in [1.807, 2.05) is 0 Å². The lowest BCUT2D eigenvalue weighted by atomic mass is 15.9. The van der Waals surface area contributed by atoms with Gasteiger partial charge in [-0.25, -0.2) is 0 Å². The lowest BCUT2D eigenvalue weighted by Crippen LogP contribution is -0.913. The lowest BCUT2D eigenvalue weighted by molar-refractivity contribution is 0.632. The molecule has 0 amide bonds. The van der Waals surface area contributed by atoms with Crippen LogP contribution in [0.2, 0.25) is 0 Å². The van der Waals surface area contributed by atoms with Gasteiger partial charge >= 0.3 is 0 Å². The Morgan fingerprint density at radius 3 is 1.25 bits per heavy atom. The smallest absolute Gasteiger partial charge is 0.106 e. The van der Waals surface area contributed by atoms with E-state index in [0.29, 0.717) is 0 Å². The van der Waals surface area contributed by atoms with Crippen LogP contribution in [0.15, 0.2) is 0 Å². The van der Waals surface area contributed by atoms with Crippen molar-refractivity contribution in [3.8, 4) is 0 Å². The van der Waals surface area contributed by atoms with Gasteiger partial charge in [0.25, 0.3) is 0 Å². The van der Waals surface area contributed by atoms with E-state index in [4.69, 9.17) is 8.09 Å². The fourth-order valence-corrected chi connectivity index (χ4v) is 0. The zero-order valence-corrected chi connectivity index (χ0v) is 4.56. The van der Waals surface area contributed by atoms with Crippen LogP contribution in [-0.2, 0) is 0 Å². The van der Waals surface area contributed by atoms with E-state index in [1.165, 1.54) is 0 Å². The van der Waals surface area contributed by atoms with Gasteiger partial charge in [-0.2, -0.15) is 0 Å². The molecule has 0 bridgehead atoms. The molecule has 4 heavy (non-hydrogen) atoms. The molecule has 4 heteroatoms. The van der Waals surface area contributed by atoms with Gasteiger partial charge < -0.3 is 3.44 Å². The molecule has 0 radical (unpaired) electrons. The fourth-order valence-electron chi connectivity index (χ4n) is 0. The molecule has 0 aliphatic heterocycles.